The number of hydrogen-bond donors (Lipinski definition) is 1. The van der Waals surface area contributed by atoms with Crippen LogP contribution in [0.2, 0.25) is 0 Å². The van der Waals surface area contributed by atoms with Crippen LogP contribution in [0.3, 0.4) is 0 Å². The molecular formula is C27H34IOP. The third-order valence-electron chi connectivity index (χ3n) is 5.90. The van der Waals surface area contributed by atoms with Crippen LogP contribution in [0.4, 0.5) is 0 Å². The number of aliphatic hydroxyl groups is 1. The maximum atomic E-state index is 11.2. The summed E-state index contributed by atoms with van der Waals surface area (Å²) in [5.41, 5.74) is -0.626. The van der Waals surface area contributed by atoms with Gasteiger partial charge in [-0.15, -0.1) is 0 Å². The first-order valence-corrected chi connectivity index (χ1v) is 12.8. The van der Waals surface area contributed by atoms with Crippen LogP contribution < -0.4 is 39.9 Å². The van der Waals surface area contributed by atoms with Gasteiger partial charge in [-0.2, -0.15) is 0 Å². The van der Waals surface area contributed by atoms with Crippen molar-refractivity contribution in [2.24, 2.45) is 0 Å². The van der Waals surface area contributed by atoms with E-state index in [1.165, 1.54) is 28.8 Å². The predicted molar refractivity (Wildman–Crippen MR) is 129 cm³/mol. The molecule has 0 amide bonds. The normalized spacial score (nSPS) is 13.3. The Morgan fingerprint density at radius 1 is 0.667 bits per heavy atom. The van der Waals surface area contributed by atoms with Gasteiger partial charge >= 0.3 is 0 Å². The molecule has 0 fully saturated rings. The molecule has 0 radical (unpaired) electrons. The molecule has 0 aromatic heterocycles. The van der Waals surface area contributed by atoms with Crippen LogP contribution in [0.15, 0.2) is 91.0 Å². The summed E-state index contributed by atoms with van der Waals surface area (Å²) in [5, 5.41) is 15.3. The van der Waals surface area contributed by atoms with Crippen molar-refractivity contribution in [2.75, 3.05) is 6.16 Å². The van der Waals surface area contributed by atoms with Gasteiger partial charge in [0.2, 0.25) is 0 Å². The fraction of sp³-hybridized carbons (Fsp3) is 0.333. The minimum Gasteiger partial charge on any atom is -1.00 e. The van der Waals surface area contributed by atoms with Gasteiger partial charge in [0, 0.05) is 6.42 Å². The highest BCUT2D eigenvalue weighted by atomic mass is 127. The molecule has 0 bridgehead atoms. The van der Waals surface area contributed by atoms with Gasteiger partial charge in [0.25, 0.3) is 0 Å². The zero-order valence-corrected chi connectivity index (χ0v) is 21.2. The Balaban J connectivity index is 0.00000320. The summed E-state index contributed by atoms with van der Waals surface area (Å²) in [6, 6.07) is 32.8. The molecule has 0 spiro atoms. The maximum Gasteiger partial charge on any atom is 0.112 e. The highest BCUT2D eigenvalue weighted by Crippen LogP contribution is 2.56. The lowest BCUT2D eigenvalue weighted by Gasteiger charge is -2.31. The van der Waals surface area contributed by atoms with E-state index in [-0.39, 0.29) is 24.0 Å². The second-order valence-corrected chi connectivity index (χ2v) is 11.9. The standard InChI is InChI=1S/C27H34OP.HI/c1-3-4-14-21-27(2,28)22-23-29(24-15-8-5-9-16-24,25-17-10-6-11-18-25)26-19-12-7-13-20-26;/h5-13,15-20,28H,3-4,14,21-23H2,1-2H3;1H/q+1;/p-1. The van der Waals surface area contributed by atoms with E-state index in [4.69, 9.17) is 0 Å². The van der Waals surface area contributed by atoms with E-state index in [2.05, 4.69) is 97.9 Å². The monoisotopic (exact) mass is 532 g/mol. The van der Waals surface area contributed by atoms with Crippen LogP contribution in [0.5, 0.6) is 0 Å². The second-order valence-electron chi connectivity index (χ2n) is 8.24. The maximum absolute atomic E-state index is 11.2. The van der Waals surface area contributed by atoms with E-state index in [0.29, 0.717) is 0 Å². The van der Waals surface area contributed by atoms with E-state index in [9.17, 15) is 5.11 Å². The van der Waals surface area contributed by atoms with E-state index in [1.54, 1.807) is 0 Å². The topological polar surface area (TPSA) is 20.2 Å². The summed E-state index contributed by atoms with van der Waals surface area (Å²) < 4.78 is 0. The Kier molecular flexibility index (Phi) is 10.0. The highest BCUT2D eigenvalue weighted by Gasteiger charge is 2.46. The first-order chi connectivity index (χ1) is 14.1. The summed E-state index contributed by atoms with van der Waals surface area (Å²) in [5.74, 6) is 0. The first kappa shape index (κ1) is 25.0. The predicted octanol–water partition coefficient (Wildman–Crippen LogP) is 2.71. The molecule has 0 heterocycles. The van der Waals surface area contributed by atoms with Gasteiger partial charge in [-0.3, -0.25) is 0 Å². The Bertz CT molecular complexity index is 753. The third-order valence-corrected chi connectivity index (χ3v) is 10.3. The molecule has 1 nitrogen and oxygen atoms in total. The molecule has 3 rings (SSSR count). The molecule has 0 aliphatic carbocycles. The largest absolute Gasteiger partial charge is 1.00 e. The van der Waals surface area contributed by atoms with Crippen molar-refractivity contribution in [1.82, 2.24) is 0 Å². The van der Waals surface area contributed by atoms with E-state index in [1.807, 2.05) is 6.92 Å². The van der Waals surface area contributed by atoms with Crippen molar-refractivity contribution in [3.63, 3.8) is 0 Å². The molecule has 1 N–H and O–H groups in total. The SMILES string of the molecule is CCCCCC(C)(O)CC[P+](c1ccccc1)(c1ccccc1)c1ccccc1.[I-]. The molecular weight excluding hydrogens is 498 g/mol. The minimum absolute atomic E-state index is 0. The first-order valence-electron chi connectivity index (χ1n) is 10.9. The molecule has 3 heteroatoms. The summed E-state index contributed by atoms with van der Waals surface area (Å²) in [6.07, 6.45) is 6.13. The summed E-state index contributed by atoms with van der Waals surface area (Å²) in [4.78, 5) is 0. The number of hydrogen-bond acceptors (Lipinski definition) is 1. The Labute approximate surface area is 200 Å². The van der Waals surface area contributed by atoms with Gasteiger partial charge in [0.1, 0.15) is 23.2 Å². The molecule has 3 aromatic carbocycles. The quantitative estimate of drug-likeness (QED) is 0.242. The number of benzene rings is 3. The molecule has 3 aromatic rings. The molecule has 0 aliphatic heterocycles. The third kappa shape index (κ3) is 6.15. The fourth-order valence-electron chi connectivity index (χ4n) is 4.17. The van der Waals surface area contributed by atoms with Crippen molar-refractivity contribution in [3.8, 4) is 0 Å². The van der Waals surface area contributed by atoms with Crippen LogP contribution in [0, 0.1) is 0 Å². The van der Waals surface area contributed by atoms with Crippen LogP contribution >= 0.6 is 7.26 Å². The Morgan fingerprint density at radius 3 is 1.43 bits per heavy atom. The molecule has 1 unspecified atom stereocenters. The molecule has 0 aliphatic rings. The zero-order valence-electron chi connectivity index (χ0n) is 18.2. The summed E-state index contributed by atoms with van der Waals surface area (Å²) in [6.45, 7) is 4.24. The lowest BCUT2D eigenvalue weighted by Crippen LogP contribution is -3.00. The summed E-state index contributed by atoms with van der Waals surface area (Å²) in [7, 11) is -1.85. The van der Waals surface area contributed by atoms with Crippen molar-refractivity contribution in [3.05, 3.63) is 91.0 Å². The number of rotatable bonds is 10. The smallest absolute Gasteiger partial charge is 0.112 e. The average Bonchev–Trinajstić information content (AvgIpc) is 2.77. The molecule has 0 saturated heterocycles. The molecule has 1 atom stereocenters. The Morgan fingerprint density at radius 2 is 1.07 bits per heavy atom. The minimum atomic E-state index is -1.85. The van der Waals surface area contributed by atoms with Gasteiger partial charge in [0.05, 0.1) is 11.8 Å². The van der Waals surface area contributed by atoms with Crippen LogP contribution in [-0.2, 0) is 0 Å². The van der Waals surface area contributed by atoms with Crippen molar-refractivity contribution >= 4 is 23.2 Å². The van der Waals surface area contributed by atoms with Crippen molar-refractivity contribution < 1.29 is 29.1 Å². The lowest BCUT2D eigenvalue weighted by molar-refractivity contribution is -0.0000173. The van der Waals surface area contributed by atoms with E-state index in [0.717, 1.165) is 25.4 Å². The Hall–Kier alpha value is -1.22. The van der Waals surface area contributed by atoms with Crippen molar-refractivity contribution in [1.29, 1.82) is 0 Å². The molecule has 30 heavy (non-hydrogen) atoms. The van der Waals surface area contributed by atoms with Gasteiger partial charge in [0.15, 0.2) is 0 Å². The van der Waals surface area contributed by atoms with E-state index >= 15 is 0 Å². The summed E-state index contributed by atoms with van der Waals surface area (Å²) >= 11 is 0. The average molecular weight is 532 g/mol. The van der Waals surface area contributed by atoms with E-state index < -0.39 is 12.9 Å². The number of halogens is 1. The van der Waals surface area contributed by atoms with Crippen molar-refractivity contribution in [2.45, 2.75) is 51.6 Å². The lowest BCUT2D eigenvalue weighted by atomic mass is 9.96. The highest BCUT2D eigenvalue weighted by molar-refractivity contribution is 7.95. The zero-order chi connectivity index (χ0) is 20.6. The number of unbranched alkanes of at least 4 members (excludes halogenated alkanes) is 2. The fourth-order valence-corrected chi connectivity index (χ4v) is 8.70. The van der Waals surface area contributed by atoms with Gasteiger partial charge in [-0.05, 0) is 49.7 Å². The van der Waals surface area contributed by atoms with Crippen LogP contribution in [-0.4, -0.2) is 16.9 Å². The molecule has 160 valence electrons. The van der Waals surface area contributed by atoms with Crippen LogP contribution in [0.1, 0.15) is 46.0 Å². The second kappa shape index (κ2) is 12.0. The molecule has 0 saturated carbocycles. The van der Waals surface area contributed by atoms with Crippen LogP contribution in [0.25, 0.3) is 0 Å². The van der Waals surface area contributed by atoms with Gasteiger partial charge in [-0.1, -0.05) is 80.8 Å². The van der Waals surface area contributed by atoms with Gasteiger partial charge in [-0.25, -0.2) is 0 Å². The van der Waals surface area contributed by atoms with Gasteiger partial charge < -0.3 is 29.1 Å².